The highest BCUT2D eigenvalue weighted by Crippen LogP contribution is 2.37. The zero-order valence-electron chi connectivity index (χ0n) is 14.4. The second-order valence-corrected chi connectivity index (χ2v) is 8.24. The number of aromatic nitrogens is 2. The smallest absolute Gasteiger partial charge is 0.238 e. The van der Waals surface area contributed by atoms with Gasteiger partial charge in [0.05, 0.1) is 27.2 Å². The van der Waals surface area contributed by atoms with Crippen molar-refractivity contribution in [1.29, 1.82) is 0 Å². The minimum atomic E-state index is -0.462. The molecule has 2 aromatic heterocycles. The Hall–Kier alpha value is -2.71. The Morgan fingerprint density at radius 1 is 1.22 bits per heavy atom. The summed E-state index contributed by atoms with van der Waals surface area (Å²) in [6.45, 7) is 1.89. The summed E-state index contributed by atoms with van der Waals surface area (Å²) in [4.78, 5) is 35.3. The van der Waals surface area contributed by atoms with E-state index in [1.54, 1.807) is 6.20 Å². The molecule has 1 atom stereocenters. The fourth-order valence-electron chi connectivity index (χ4n) is 2.75. The Labute approximate surface area is 164 Å². The van der Waals surface area contributed by atoms with Crippen molar-refractivity contribution in [3.05, 3.63) is 54.4 Å². The number of nitrogens with zero attached hydrogens (tertiary/aromatic N) is 2. The molecule has 1 aliphatic heterocycles. The van der Waals surface area contributed by atoms with Crippen LogP contribution in [0.2, 0.25) is 0 Å². The maximum atomic E-state index is 12.4. The molecule has 0 aliphatic carbocycles. The summed E-state index contributed by atoms with van der Waals surface area (Å²) in [5.41, 5.74) is 2.43. The lowest BCUT2D eigenvalue weighted by atomic mass is 10.2. The molecule has 0 spiro atoms. The summed E-state index contributed by atoms with van der Waals surface area (Å²) in [5.74, 6) is -0.387. The first-order chi connectivity index (χ1) is 13.1. The van der Waals surface area contributed by atoms with Crippen LogP contribution in [-0.2, 0) is 9.59 Å². The van der Waals surface area contributed by atoms with Crippen molar-refractivity contribution >= 4 is 45.7 Å². The van der Waals surface area contributed by atoms with Gasteiger partial charge in [0.2, 0.25) is 11.8 Å². The van der Waals surface area contributed by atoms with E-state index in [2.05, 4.69) is 20.6 Å². The molecule has 8 heteroatoms. The lowest BCUT2D eigenvalue weighted by Crippen LogP contribution is -2.32. The highest BCUT2D eigenvalue weighted by atomic mass is 32.2. The molecule has 0 fully saturated rings. The average Bonchev–Trinajstić information content (AvgIpc) is 3.03. The summed E-state index contributed by atoms with van der Waals surface area (Å²) in [6.07, 6.45) is 1.81. The van der Waals surface area contributed by atoms with Gasteiger partial charge in [-0.25, -0.2) is 4.98 Å². The van der Waals surface area contributed by atoms with Gasteiger partial charge in [0, 0.05) is 17.5 Å². The quantitative estimate of drug-likeness (QED) is 0.697. The first-order valence-electron chi connectivity index (χ1n) is 8.35. The molecular weight excluding hydrogens is 380 g/mol. The second-order valence-electron chi connectivity index (χ2n) is 5.99. The standard InChI is InChI=1S/C19H16N4O2S2/c1-11-17(13-7-4-5-9-20-13)27-19(21-11)23-16(24)10-15-18(25)22-12-6-2-3-8-14(12)26-15/h2-9,15H,10H2,1H3,(H,22,25)(H,21,23,24). The number of thioether (sulfide) groups is 1. The monoisotopic (exact) mass is 396 g/mol. The number of aryl methyl sites for hydroxylation is 1. The average molecular weight is 396 g/mol. The van der Waals surface area contributed by atoms with Gasteiger partial charge in [-0.15, -0.1) is 11.8 Å². The molecule has 2 amide bonds. The SMILES string of the molecule is Cc1nc(NC(=O)CC2Sc3ccccc3NC2=O)sc1-c1ccccn1. The molecule has 1 aromatic carbocycles. The molecule has 1 aliphatic rings. The first-order valence-corrected chi connectivity index (χ1v) is 10.0. The molecule has 27 heavy (non-hydrogen) atoms. The molecule has 0 bridgehead atoms. The molecule has 136 valence electrons. The Bertz CT molecular complexity index is 1000. The molecule has 0 saturated carbocycles. The number of carbonyl (C=O) groups is 2. The van der Waals surface area contributed by atoms with Crippen molar-refractivity contribution in [3.63, 3.8) is 0 Å². The van der Waals surface area contributed by atoms with Crippen molar-refractivity contribution in [2.24, 2.45) is 0 Å². The highest BCUT2D eigenvalue weighted by molar-refractivity contribution is 8.01. The predicted molar refractivity (Wildman–Crippen MR) is 108 cm³/mol. The Morgan fingerprint density at radius 3 is 2.85 bits per heavy atom. The summed E-state index contributed by atoms with van der Waals surface area (Å²) in [7, 11) is 0. The van der Waals surface area contributed by atoms with Crippen molar-refractivity contribution in [1.82, 2.24) is 9.97 Å². The third-order valence-electron chi connectivity index (χ3n) is 4.02. The first kappa shape index (κ1) is 17.7. The number of nitrogens with one attached hydrogen (secondary N) is 2. The number of rotatable bonds is 4. The lowest BCUT2D eigenvalue weighted by Gasteiger charge is -2.23. The van der Waals surface area contributed by atoms with Crippen LogP contribution in [0.25, 0.3) is 10.6 Å². The van der Waals surface area contributed by atoms with Gasteiger partial charge in [-0.05, 0) is 31.2 Å². The van der Waals surface area contributed by atoms with Crippen molar-refractivity contribution in [2.75, 3.05) is 10.6 Å². The normalized spacial score (nSPS) is 15.7. The summed E-state index contributed by atoms with van der Waals surface area (Å²) in [6, 6.07) is 13.3. The van der Waals surface area contributed by atoms with Gasteiger partial charge < -0.3 is 10.6 Å². The number of anilines is 2. The van der Waals surface area contributed by atoms with E-state index in [4.69, 9.17) is 0 Å². The van der Waals surface area contributed by atoms with Crippen LogP contribution in [0.5, 0.6) is 0 Å². The zero-order valence-corrected chi connectivity index (χ0v) is 16.1. The third-order valence-corrected chi connectivity index (χ3v) is 6.39. The van der Waals surface area contributed by atoms with Crippen LogP contribution in [0.3, 0.4) is 0 Å². The number of pyridine rings is 1. The van der Waals surface area contributed by atoms with Crippen LogP contribution >= 0.6 is 23.1 Å². The summed E-state index contributed by atoms with van der Waals surface area (Å²) >= 11 is 2.79. The molecule has 0 radical (unpaired) electrons. The molecule has 1 unspecified atom stereocenters. The van der Waals surface area contributed by atoms with Crippen LogP contribution < -0.4 is 10.6 Å². The Morgan fingerprint density at radius 2 is 2.04 bits per heavy atom. The topological polar surface area (TPSA) is 84.0 Å². The van der Waals surface area contributed by atoms with E-state index in [1.807, 2.05) is 49.4 Å². The predicted octanol–water partition coefficient (Wildman–Crippen LogP) is 3.96. The van der Waals surface area contributed by atoms with E-state index in [9.17, 15) is 9.59 Å². The maximum Gasteiger partial charge on any atom is 0.238 e. The number of thiazole rings is 1. The van der Waals surface area contributed by atoms with Gasteiger partial charge in [0.15, 0.2) is 5.13 Å². The molecule has 0 saturated heterocycles. The molecule has 4 rings (SSSR count). The van der Waals surface area contributed by atoms with Gasteiger partial charge in [-0.2, -0.15) is 0 Å². The van der Waals surface area contributed by atoms with Crippen LogP contribution in [0.15, 0.2) is 53.6 Å². The second kappa shape index (κ2) is 7.50. The van der Waals surface area contributed by atoms with Gasteiger partial charge in [0.25, 0.3) is 0 Å². The highest BCUT2D eigenvalue weighted by Gasteiger charge is 2.29. The Kier molecular flexibility index (Phi) is 4.91. The van der Waals surface area contributed by atoms with E-state index in [0.29, 0.717) is 5.13 Å². The minimum Gasteiger partial charge on any atom is -0.324 e. The lowest BCUT2D eigenvalue weighted by molar-refractivity contribution is -0.120. The van der Waals surface area contributed by atoms with Crippen LogP contribution in [0.1, 0.15) is 12.1 Å². The summed E-state index contributed by atoms with van der Waals surface area (Å²) in [5, 5.41) is 5.72. The largest absolute Gasteiger partial charge is 0.324 e. The molecule has 2 N–H and O–H groups in total. The van der Waals surface area contributed by atoms with Crippen molar-refractivity contribution in [3.8, 4) is 10.6 Å². The van der Waals surface area contributed by atoms with Crippen molar-refractivity contribution in [2.45, 2.75) is 23.5 Å². The zero-order chi connectivity index (χ0) is 18.8. The molecule has 6 nitrogen and oxygen atoms in total. The van der Waals surface area contributed by atoms with Gasteiger partial charge >= 0.3 is 0 Å². The van der Waals surface area contributed by atoms with Gasteiger partial charge in [0.1, 0.15) is 0 Å². The van der Waals surface area contributed by atoms with Crippen LogP contribution in [0.4, 0.5) is 10.8 Å². The number of hydrogen-bond donors (Lipinski definition) is 2. The Balaban J connectivity index is 1.44. The maximum absolute atomic E-state index is 12.4. The number of benzene rings is 1. The number of para-hydroxylation sites is 1. The van der Waals surface area contributed by atoms with Crippen LogP contribution in [-0.4, -0.2) is 27.0 Å². The molecule has 3 heterocycles. The van der Waals surface area contributed by atoms with E-state index in [-0.39, 0.29) is 18.2 Å². The minimum absolute atomic E-state index is 0.0857. The number of carbonyl (C=O) groups excluding carboxylic acids is 2. The summed E-state index contributed by atoms with van der Waals surface area (Å²) < 4.78 is 0. The molecular formula is C19H16N4O2S2. The van der Waals surface area contributed by atoms with E-state index < -0.39 is 5.25 Å². The third kappa shape index (κ3) is 3.86. The number of hydrogen-bond acceptors (Lipinski definition) is 6. The van der Waals surface area contributed by atoms with E-state index in [0.717, 1.165) is 26.8 Å². The van der Waals surface area contributed by atoms with E-state index >= 15 is 0 Å². The fraction of sp³-hybridized carbons (Fsp3) is 0.158. The number of amides is 2. The van der Waals surface area contributed by atoms with Gasteiger partial charge in [-0.1, -0.05) is 29.5 Å². The van der Waals surface area contributed by atoms with Gasteiger partial charge in [-0.3, -0.25) is 14.6 Å². The van der Waals surface area contributed by atoms with E-state index in [1.165, 1.54) is 23.1 Å². The van der Waals surface area contributed by atoms with Crippen molar-refractivity contribution < 1.29 is 9.59 Å². The fourth-order valence-corrected chi connectivity index (χ4v) is 4.82. The number of fused-ring (bicyclic) bond motifs is 1. The van der Waals surface area contributed by atoms with Crippen LogP contribution in [0, 0.1) is 6.92 Å². The molecule has 3 aromatic rings.